The third-order valence-electron chi connectivity index (χ3n) is 3.56. The minimum atomic E-state index is -0.979. The number of likely N-dealkylation sites (tertiary alicyclic amines) is 1. The van der Waals surface area contributed by atoms with Gasteiger partial charge in [-0.2, -0.15) is 0 Å². The third-order valence-corrected chi connectivity index (χ3v) is 4.69. The van der Waals surface area contributed by atoms with E-state index in [1.807, 2.05) is 0 Å². The Morgan fingerprint density at radius 2 is 2.30 bits per heavy atom. The number of carboxylic acid groups (broad SMARTS) is 1. The zero-order valence-electron chi connectivity index (χ0n) is 12.9. The van der Waals surface area contributed by atoms with Gasteiger partial charge in [-0.15, -0.1) is 11.8 Å². The van der Waals surface area contributed by atoms with Crippen molar-refractivity contribution in [3.05, 3.63) is 11.8 Å². The molecule has 2 atom stereocenters. The van der Waals surface area contributed by atoms with E-state index < -0.39 is 17.3 Å². The van der Waals surface area contributed by atoms with Gasteiger partial charge >= 0.3 is 5.97 Å². The average molecular weight is 341 g/mol. The summed E-state index contributed by atoms with van der Waals surface area (Å²) in [5, 5.41) is 14.9. The van der Waals surface area contributed by atoms with Crippen molar-refractivity contribution in [1.82, 2.24) is 10.1 Å². The summed E-state index contributed by atoms with van der Waals surface area (Å²) >= 11 is 1.16. The smallest absolute Gasteiger partial charge is 0.326 e. The molecule has 1 aliphatic heterocycles. The Morgan fingerprint density at radius 1 is 1.57 bits per heavy atom. The molecule has 0 aliphatic carbocycles. The minimum absolute atomic E-state index is 0.0657. The van der Waals surface area contributed by atoms with Crippen LogP contribution >= 0.6 is 11.8 Å². The molecule has 0 spiro atoms. The lowest BCUT2D eigenvalue weighted by molar-refractivity contribution is -0.147. The number of aliphatic carboxylic acids is 1. The van der Waals surface area contributed by atoms with E-state index in [0.29, 0.717) is 31.0 Å². The van der Waals surface area contributed by atoms with Crippen molar-refractivity contribution in [3.63, 3.8) is 0 Å². The summed E-state index contributed by atoms with van der Waals surface area (Å²) in [6.45, 7) is 3.85. The molecule has 2 unspecified atom stereocenters. The number of thioether (sulfide) groups is 1. The van der Waals surface area contributed by atoms with Crippen LogP contribution in [0.2, 0.25) is 0 Å². The molecule has 126 valence electrons. The number of hydrogen-bond donors (Lipinski definition) is 2. The van der Waals surface area contributed by atoms with Crippen molar-refractivity contribution < 1.29 is 24.0 Å². The highest BCUT2D eigenvalue weighted by atomic mass is 32.2. The Morgan fingerprint density at radius 3 is 2.91 bits per heavy atom. The molecular formula is C14H19N3O5S. The Hall–Kier alpha value is -2.03. The first-order valence-corrected chi connectivity index (χ1v) is 8.31. The third kappa shape index (κ3) is 4.47. The first kappa shape index (κ1) is 17.3. The van der Waals surface area contributed by atoms with E-state index in [9.17, 15) is 14.4 Å². The molecule has 2 rings (SSSR count). The van der Waals surface area contributed by atoms with Gasteiger partial charge in [0, 0.05) is 12.6 Å². The number of anilines is 1. The number of carbonyl (C=O) groups excluding carboxylic acids is 2. The van der Waals surface area contributed by atoms with Gasteiger partial charge in [-0.05, 0) is 26.7 Å². The second-order valence-electron chi connectivity index (χ2n) is 5.35. The van der Waals surface area contributed by atoms with Crippen LogP contribution in [0.1, 0.15) is 25.5 Å². The summed E-state index contributed by atoms with van der Waals surface area (Å²) in [5.41, 5.74) is 0. The Labute approximate surface area is 137 Å². The topological polar surface area (TPSA) is 113 Å². The lowest BCUT2D eigenvalue weighted by Crippen LogP contribution is -2.41. The number of aromatic nitrogens is 1. The molecule has 9 heteroatoms. The van der Waals surface area contributed by atoms with Crippen molar-refractivity contribution >= 4 is 35.4 Å². The summed E-state index contributed by atoms with van der Waals surface area (Å²) in [6, 6.07) is 0.854. The van der Waals surface area contributed by atoms with Gasteiger partial charge in [-0.25, -0.2) is 4.79 Å². The molecule has 23 heavy (non-hydrogen) atoms. The fraction of sp³-hybridized carbons (Fsp3) is 0.571. The van der Waals surface area contributed by atoms with Gasteiger partial charge in [-0.3, -0.25) is 9.59 Å². The van der Waals surface area contributed by atoms with Crippen LogP contribution in [0.5, 0.6) is 0 Å². The van der Waals surface area contributed by atoms with E-state index >= 15 is 0 Å². The average Bonchev–Trinajstić information content (AvgIpc) is 3.13. The van der Waals surface area contributed by atoms with E-state index in [1.165, 1.54) is 4.90 Å². The van der Waals surface area contributed by atoms with Crippen LogP contribution in [-0.4, -0.2) is 56.5 Å². The van der Waals surface area contributed by atoms with Crippen LogP contribution < -0.4 is 5.32 Å². The second kappa shape index (κ2) is 7.49. The number of amides is 2. The van der Waals surface area contributed by atoms with Gasteiger partial charge in [0.15, 0.2) is 5.82 Å². The predicted octanol–water partition coefficient (Wildman–Crippen LogP) is 1.12. The fourth-order valence-corrected chi connectivity index (χ4v) is 3.10. The SMILES string of the molecule is Cc1cc(NC(=O)C(C)SCC(=O)N2CCCC2C(=O)O)no1. The van der Waals surface area contributed by atoms with Crippen LogP contribution in [0.15, 0.2) is 10.6 Å². The van der Waals surface area contributed by atoms with Gasteiger partial charge < -0.3 is 19.8 Å². The lowest BCUT2D eigenvalue weighted by Gasteiger charge is -2.21. The molecule has 2 amide bonds. The van der Waals surface area contributed by atoms with Gasteiger partial charge in [0.1, 0.15) is 11.8 Å². The predicted molar refractivity (Wildman–Crippen MR) is 84.2 cm³/mol. The highest BCUT2D eigenvalue weighted by molar-refractivity contribution is 8.01. The summed E-state index contributed by atoms with van der Waals surface area (Å²) in [5.74, 6) is -0.533. The molecule has 1 aromatic heterocycles. The molecule has 1 aliphatic rings. The number of rotatable bonds is 6. The quantitative estimate of drug-likeness (QED) is 0.797. The zero-order valence-corrected chi connectivity index (χ0v) is 13.8. The van der Waals surface area contributed by atoms with Crippen LogP contribution in [0.25, 0.3) is 0 Å². The van der Waals surface area contributed by atoms with E-state index in [1.54, 1.807) is 19.9 Å². The summed E-state index contributed by atoms with van der Waals surface area (Å²) in [4.78, 5) is 36.6. The maximum Gasteiger partial charge on any atom is 0.326 e. The minimum Gasteiger partial charge on any atom is -0.480 e. The molecule has 2 heterocycles. The number of nitrogens with zero attached hydrogens (tertiary/aromatic N) is 2. The van der Waals surface area contributed by atoms with Crippen molar-refractivity contribution in [2.45, 2.75) is 38.0 Å². The van der Waals surface area contributed by atoms with Crippen LogP contribution in [-0.2, 0) is 14.4 Å². The van der Waals surface area contributed by atoms with E-state index in [2.05, 4.69) is 10.5 Å². The van der Waals surface area contributed by atoms with Crippen LogP contribution in [0.4, 0.5) is 5.82 Å². The molecule has 1 fully saturated rings. The van der Waals surface area contributed by atoms with Crippen LogP contribution in [0.3, 0.4) is 0 Å². The summed E-state index contributed by atoms with van der Waals surface area (Å²) in [7, 11) is 0. The molecule has 1 saturated heterocycles. The highest BCUT2D eigenvalue weighted by Gasteiger charge is 2.34. The number of hydrogen-bond acceptors (Lipinski definition) is 6. The van der Waals surface area contributed by atoms with Crippen molar-refractivity contribution in [2.24, 2.45) is 0 Å². The lowest BCUT2D eigenvalue weighted by atomic mass is 10.2. The van der Waals surface area contributed by atoms with E-state index in [4.69, 9.17) is 9.63 Å². The standard InChI is InChI=1S/C14H19N3O5S/c1-8-6-11(16-22-8)15-13(19)9(2)23-7-12(18)17-5-3-4-10(17)14(20)21/h6,9-10H,3-5,7H2,1-2H3,(H,20,21)(H,15,16,19). The Balaban J connectivity index is 1.81. The van der Waals surface area contributed by atoms with Gasteiger partial charge in [0.2, 0.25) is 11.8 Å². The van der Waals surface area contributed by atoms with E-state index in [-0.39, 0.29) is 17.6 Å². The van der Waals surface area contributed by atoms with Gasteiger partial charge in [0.25, 0.3) is 0 Å². The molecule has 2 N–H and O–H groups in total. The molecular weight excluding hydrogens is 322 g/mol. The van der Waals surface area contributed by atoms with Gasteiger partial charge in [-0.1, -0.05) is 5.16 Å². The summed E-state index contributed by atoms with van der Waals surface area (Å²) < 4.78 is 4.86. The zero-order chi connectivity index (χ0) is 17.0. The number of aryl methyl sites for hydroxylation is 1. The largest absolute Gasteiger partial charge is 0.480 e. The van der Waals surface area contributed by atoms with Gasteiger partial charge in [0.05, 0.1) is 11.0 Å². The maximum absolute atomic E-state index is 12.1. The molecule has 1 aromatic rings. The second-order valence-corrected chi connectivity index (χ2v) is 6.68. The Kier molecular flexibility index (Phi) is 5.64. The number of carboxylic acids is 1. The first-order chi connectivity index (χ1) is 10.9. The summed E-state index contributed by atoms with van der Waals surface area (Å²) in [6.07, 6.45) is 1.17. The van der Waals surface area contributed by atoms with Crippen molar-refractivity contribution in [2.75, 3.05) is 17.6 Å². The monoisotopic (exact) mass is 341 g/mol. The molecule has 0 radical (unpaired) electrons. The molecule has 8 nitrogen and oxygen atoms in total. The normalized spacial score (nSPS) is 18.7. The maximum atomic E-state index is 12.1. The highest BCUT2D eigenvalue weighted by Crippen LogP contribution is 2.21. The van der Waals surface area contributed by atoms with Crippen molar-refractivity contribution in [3.8, 4) is 0 Å². The Bertz CT molecular complexity index is 603. The molecule has 0 bridgehead atoms. The first-order valence-electron chi connectivity index (χ1n) is 7.26. The van der Waals surface area contributed by atoms with Crippen LogP contribution in [0, 0.1) is 6.92 Å². The molecule has 0 saturated carbocycles. The molecule has 0 aromatic carbocycles. The van der Waals surface area contributed by atoms with Crippen molar-refractivity contribution in [1.29, 1.82) is 0 Å². The van der Waals surface area contributed by atoms with E-state index in [0.717, 1.165) is 11.8 Å². The number of carbonyl (C=O) groups is 3. The fourth-order valence-electron chi connectivity index (χ4n) is 2.33. The number of nitrogens with one attached hydrogen (secondary N) is 1.